The summed E-state index contributed by atoms with van der Waals surface area (Å²) in [5.41, 5.74) is 5.81. The van der Waals surface area contributed by atoms with E-state index < -0.39 is 5.82 Å². The van der Waals surface area contributed by atoms with Crippen LogP contribution in [0.25, 0.3) is 0 Å². The number of carbonyl (C=O) groups is 1. The van der Waals surface area contributed by atoms with E-state index in [1.54, 1.807) is 0 Å². The number of aromatic nitrogens is 2. The van der Waals surface area contributed by atoms with Gasteiger partial charge in [0, 0.05) is 30.9 Å². The summed E-state index contributed by atoms with van der Waals surface area (Å²) in [5.74, 6) is -0.0629. The zero-order valence-corrected chi connectivity index (χ0v) is 12.4. The molecule has 0 spiro atoms. The number of benzene rings is 1. The molecule has 1 saturated heterocycles. The van der Waals surface area contributed by atoms with Gasteiger partial charge in [-0.1, -0.05) is 0 Å². The molecule has 2 heterocycles. The quantitative estimate of drug-likeness (QED) is 0.670. The van der Waals surface area contributed by atoms with Crippen LogP contribution < -0.4 is 15.5 Å². The molecule has 2 aromatic rings. The van der Waals surface area contributed by atoms with Gasteiger partial charge in [0.25, 0.3) is 0 Å². The number of amides is 1. The average Bonchev–Trinajstić information content (AvgIpc) is 3.06. The third-order valence-corrected chi connectivity index (χ3v) is 3.52. The maximum Gasteiger partial charge on any atom is 0.230 e. The number of rotatable bonds is 5. The predicted molar refractivity (Wildman–Crippen MR) is 82.3 cm³/mol. The molecular formula is C15H16FN5O2. The van der Waals surface area contributed by atoms with Crippen molar-refractivity contribution < 1.29 is 13.9 Å². The highest BCUT2D eigenvalue weighted by atomic mass is 19.1. The first-order valence-electron chi connectivity index (χ1n) is 7.21. The highest BCUT2D eigenvalue weighted by molar-refractivity contribution is 5.71. The Morgan fingerprint density at radius 3 is 2.74 bits per heavy atom. The van der Waals surface area contributed by atoms with Crippen molar-refractivity contribution in [2.45, 2.75) is 12.8 Å². The van der Waals surface area contributed by atoms with Gasteiger partial charge in [-0.3, -0.25) is 4.79 Å². The van der Waals surface area contributed by atoms with Gasteiger partial charge in [-0.05, 0) is 25.0 Å². The maximum atomic E-state index is 13.8. The van der Waals surface area contributed by atoms with Gasteiger partial charge in [0.15, 0.2) is 17.4 Å². The first-order chi connectivity index (χ1) is 11.2. The fraction of sp³-hybridized carbons (Fsp3) is 0.267. The normalized spacial score (nSPS) is 14.7. The summed E-state index contributed by atoms with van der Waals surface area (Å²) in [6.45, 7) is 1.57. The first-order valence-corrected chi connectivity index (χ1v) is 7.21. The van der Waals surface area contributed by atoms with Crippen LogP contribution in [0.5, 0.6) is 11.6 Å². The molecule has 1 aromatic heterocycles. The van der Waals surface area contributed by atoms with Crippen LogP contribution in [-0.2, 0) is 4.79 Å². The Kier molecular flexibility index (Phi) is 4.33. The average molecular weight is 317 g/mol. The van der Waals surface area contributed by atoms with E-state index in [0.717, 1.165) is 25.9 Å². The smallest absolute Gasteiger partial charge is 0.230 e. The van der Waals surface area contributed by atoms with Crippen LogP contribution >= 0.6 is 0 Å². The number of hydrogen-bond donors (Lipinski definition) is 1. The summed E-state index contributed by atoms with van der Waals surface area (Å²) >= 11 is 0. The molecule has 8 heteroatoms. The van der Waals surface area contributed by atoms with Crippen molar-refractivity contribution in [1.29, 1.82) is 0 Å². The molecule has 0 bridgehead atoms. The van der Waals surface area contributed by atoms with Crippen molar-refractivity contribution in [2.75, 3.05) is 23.8 Å². The molecule has 3 rings (SSSR count). The van der Waals surface area contributed by atoms with E-state index in [2.05, 4.69) is 9.97 Å². The highest BCUT2D eigenvalue weighted by Crippen LogP contribution is 2.26. The second-order valence-electron chi connectivity index (χ2n) is 5.12. The Hall–Kier alpha value is -2.74. The van der Waals surface area contributed by atoms with Gasteiger partial charge < -0.3 is 10.5 Å². The predicted octanol–water partition coefficient (Wildman–Crippen LogP) is 1.96. The van der Waals surface area contributed by atoms with E-state index in [0.29, 0.717) is 17.9 Å². The van der Waals surface area contributed by atoms with Gasteiger partial charge >= 0.3 is 0 Å². The SMILES string of the molecule is Nc1ccc(Oc2cc(N(C=O)N3CCCC3)ncn2)c(F)c1. The summed E-state index contributed by atoms with van der Waals surface area (Å²) in [4.78, 5) is 19.4. The molecule has 2 N–H and O–H groups in total. The minimum Gasteiger partial charge on any atom is -0.436 e. The lowest BCUT2D eigenvalue weighted by Gasteiger charge is -2.26. The summed E-state index contributed by atoms with van der Waals surface area (Å²) in [6.07, 6.45) is 4.01. The minimum atomic E-state index is -0.586. The Bertz CT molecular complexity index is 706. The summed E-state index contributed by atoms with van der Waals surface area (Å²) < 4.78 is 19.2. The lowest BCUT2D eigenvalue weighted by Crippen LogP contribution is -2.40. The van der Waals surface area contributed by atoms with Gasteiger partial charge in [0.1, 0.15) is 6.33 Å². The third-order valence-electron chi connectivity index (χ3n) is 3.52. The summed E-state index contributed by atoms with van der Waals surface area (Å²) in [5, 5.41) is 3.31. The molecule has 0 atom stereocenters. The van der Waals surface area contributed by atoms with Gasteiger partial charge in [-0.2, -0.15) is 0 Å². The number of hydrazine groups is 1. The van der Waals surface area contributed by atoms with Crippen molar-refractivity contribution >= 4 is 17.9 Å². The fourth-order valence-electron chi connectivity index (χ4n) is 2.40. The van der Waals surface area contributed by atoms with Gasteiger partial charge in [-0.15, -0.1) is 0 Å². The lowest BCUT2D eigenvalue weighted by atomic mass is 10.3. The number of nitrogens with two attached hydrogens (primary N) is 1. The first kappa shape index (κ1) is 15.2. The Morgan fingerprint density at radius 1 is 1.26 bits per heavy atom. The molecule has 0 aliphatic carbocycles. The van der Waals surface area contributed by atoms with Crippen LogP contribution in [0, 0.1) is 5.82 Å². The van der Waals surface area contributed by atoms with Gasteiger partial charge in [0.2, 0.25) is 12.3 Å². The van der Waals surface area contributed by atoms with Crippen LogP contribution in [0.2, 0.25) is 0 Å². The Balaban J connectivity index is 1.82. The Labute approximate surface area is 132 Å². The molecule has 23 heavy (non-hydrogen) atoms. The molecule has 0 saturated carbocycles. The number of nitrogens with zero attached hydrogens (tertiary/aromatic N) is 4. The monoisotopic (exact) mass is 317 g/mol. The topological polar surface area (TPSA) is 84.6 Å². The van der Waals surface area contributed by atoms with Crippen LogP contribution in [-0.4, -0.2) is 34.5 Å². The number of hydrogen-bond acceptors (Lipinski definition) is 6. The van der Waals surface area contributed by atoms with E-state index in [1.165, 1.54) is 35.6 Å². The summed E-state index contributed by atoms with van der Waals surface area (Å²) in [6, 6.07) is 5.61. The van der Waals surface area contributed by atoms with E-state index in [9.17, 15) is 9.18 Å². The molecule has 1 aliphatic heterocycles. The number of halogens is 1. The Morgan fingerprint density at radius 2 is 2.04 bits per heavy atom. The second-order valence-corrected chi connectivity index (χ2v) is 5.12. The molecule has 0 radical (unpaired) electrons. The standard InChI is InChI=1S/C15H16FN5O2/c16-12-7-11(17)3-4-13(12)23-15-8-14(18-9-19-15)21(10-22)20-5-1-2-6-20/h3-4,7-10H,1-2,5-6,17H2. The van der Waals surface area contributed by atoms with Gasteiger partial charge in [-0.25, -0.2) is 24.4 Å². The van der Waals surface area contributed by atoms with Crippen LogP contribution in [0.15, 0.2) is 30.6 Å². The summed E-state index contributed by atoms with van der Waals surface area (Å²) in [7, 11) is 0. The number of ether oxygens (including phenoxy) is 1. The number of nitrogen functional groups attached to an aromatic ring is 1. The molecule has 1 aromatic carbocycles. The van der Waals surface area contributed by atoms with E-state index in [1.807, 2.05) is 5.01 Å². The second kappa shape index (κ2) is 6.57. The largest absolute Gasteiger partial charge is 0.436 e. The molecule has 1 fully saturated rings. The maximum absolute atomic E-state index is 13.8. The fourth-order valence-corrected chi connectivity index (χ4v) is 2.40. The zero-order valence-electron chi connectivity index (χ0n) is 12.4. The van der Waals surface area contributed by atoms with E-state index >= 15 is 0 Å². The van der Waals surface area contributed by atoms with Crippen LogP contribution in [0.4, 0.5) is 15.9 Å². The third kappa shape index (κ3) is 3.37. The molecule has 120 valence electrons. The molecule has 7 nitrogen and oxygen atoms in total. The van der Waals surface area contributed by atoms with Crippen molar-refractivity contribution in [2.24, 2.45) is 0 Å². The van der Waals surface area contributed by atoms with Crippen molar-refractivity contribution in [3.05, 3.63) is 36.4 Å². The van der Waals surface area contributed by atoms with Crippen molar-refractivity contribution in [3.8, 4) is 11.6 Å². The molecule has 1 aliphatic rings. The van der Waals surface area contributed by atoms with E-state index in [4.69, 9.17) is 10.5 Å². The minimum absolute atomic E-state index is 0.00248. The highest BCUT2D eigenvalue weighted by Gasteiger charge is 2.21. The number of anilines is 2. The molecular weight excluding hydrogens is 301 g/mol. The lowest BCUT2D eigenvalue weighted by molar-refractivity contribution is -0.109. The molecule has 0 unspecified atom stereocenters. The van der Waals surface area contributed by atoms with Crippen LogP contribution in [0.1, 0.15) is 12.8 Å². The van der Waals surface area contributed by atoms with Gasteiger partial charge in [0.05, 0.1) is 0 Å². The van der Waals surface area contributed by atoms with Crippen molar-refractivity contribution in [1.82, 2.24) is 15.0 Å². The molecule has 1 amide bonds. The number of carbonyl (C=O) groups excluding carboxylic acids is 1. The van der Waals surface area contributed by atoms with Crippen LogP contribution in [0.3, 0.4) is 0 Å². The van der Waals surface area contributed by atoms with Crippen molar-refractivity contribution in [3.63, 3.8) is 0 Å². The zero-order chi connectivity index (χ0) is 16.2. The van der Waals surface area contributed by atoms with E-state index in [-0.39, 0.29) is 11.6 Å².